The number of aliphatic imine (C=N–C) groups is 1. The molecule has 0 aliphatic carbocycles. The predicted molar refractivity (Wildman–Crippen MR) is 115 cm³/mol. The third kappa shape index (κ3) is 3.91. The van der Waals surface area contributed by atoms with Crippen molar-refractivity contribution in [1.82, 2.24) is 14.5 Å². The molecule has 0 saturated carbocycles. The van der Waals surface area contributed by atoms with Crippen LogP contribution in [0.1, 0.15) is 49.3 Å². The van der Waals surface area contributed by atoms with Crippen LogP contribution >= 0.6 is 28.1 Å². The van der Waals surface area contributed by atoms with Crippen molar-refractivity contribution in [1.29, 1.82) is 0 Å². The van der Waals surface area contributed by atoms with E-state index in [1.165, 1.54) is 0 Å². The van der Waals surface area contributed by atoms with Crippen molar-refractivity contribution in [2.75, 3.05) is 0 Å². The lowest BCUT2D eigenvalue weighted by Crippen LogP contribution is -2.09. The highest BCUT2D eigenvalue weighted by Crippen LogP contribution is 2.38. The molecule has 0 fully saturated rings. The number of nitrogens with zero attached hydrogens (tertiary/aromatic N) is 4. The molecule has 0 bridgehead atoms. The number of fused-ring (bicyclic) bond motifs is 3. The summed E-state index contributed by atoms with van der Waals surface area (Å²) in [6.07, 6.45) is 6.76. The highest BCUT2D eigenvalue weighted by atomic mass is 79.9. The number of imidazole rings is 1. The summed E-state index contributed by atoms with van der Waals surface area (Å²) < 4.78 is 16.1. The van der Waals surface area contributed by atoms with Crippen LogP contribution in [0.25, 0.3) is 5.69 Å². The minimum absolute atomic E-state index is 0.187. The van der Waals surface area contributed by atoms with Crippen LogP contribution in [0.15, 0.2) is 63.3 Å². The fourth-order valence-electron chi connectivity index (χ4n) is 3.41. The predicted octanol–water partition coefficient (Wildman–Crippen LogP) is 5.66. The van der Waals surface area contributed by atoms with Crippen LogP contribution < -0.4 is 0 Å². The van der Waals surface area contributed by atoms with Crippen molar-refractivity contribution in [2.24, 2.45) is 4.99 Å². The zero-order valence-electron chi connectivity index (χ0n) is 15.7. The molecule has 29 heavy (non-hydrogen) atoms. The Morgan fingerprint density at radius 1 is 1.28 bits per heavy atom. The van der Waals surface area contributed by atoms with E-state index < -0.39 is 0 Å². The van der Waals surface area contributed by atoms with E-state index in [2.05, 4.69) is 25.9 Å². The third-order valence-corrected chi connectivity index (χ3v) is 6.32. The first kappa shape index (κ1) is 20.0. The Morgan fingerprint density at radius 2 is 2.14 bits per heavy atom. The van der Waals surface area contributed by atoms with Crippen molar-refractivity contribution in [3.63, 3.8) is 0 Å². The van der Waals surface area contributed by atoms with Crippen molar-refractivity contribution < 1.29 is 8.68 Å². The van der Waals surface area contributed by atoms with Gasteiger partial charge in [-0.15, -0.1) is 0 Å². The lowest BCUT2D eigenvalue weighted by molar-refractivity contribution is -0.118. The molecule has 2 aromatic heterocycles. The van der Waals surface area contributed by atoms with E-state index in [1.807, 2.05) is 42.0 Å². The molecule has 0 radical (unpaired) electrons. The maximum Gasteiger partial charge on any atom is 0.138 e. The number of carbonyl (C=O) groups is 1. The standard InChI is InChI=1S/C21H18BrFN4OS/c1-2-13(28)6-7-17-21-25-9-10-27(21)18-12-19(29-23)15(22)11-14(18)20(26-17)16-5-3-4-8-24-16/h3-5,8-12,17H,2,6-7H2,1H3/t17-/m0/s1. The SMILES string of the molecule is CCC(=O)CC[C@@H]1N=C(c2ccccn2)c2cc(Br)c(SF)cc2-n2ccnc21. The highest BCUT2D eigenvalue weighted by molar-refractivity contribution is 9.10. The molecule has 5 nitrogen and oxygen atoms in total. The van der Waals surface area contributed by atoms with Crippen molar-refractivity contribution in [3.05, 3.63) is 70.5 Å². The third-order valence-electron chi connectivity index (χ3n) is 4.90. The second-order valence-corrected chi connectivity index (χ2v) is 8.12. The Morgan fingerprint density at radius 3 is 2.86 bits per heavy atom. The number of hydrogen-bond acceptors (Lipinski definition) is 5. The molecule has 0 spiro atoms. The molecule has 1 atom stereocenters. The maximum atomic E-state index is 13.5. The van der Waals surface area contributed by atoms with Gasteiger partial charge in [0, 0.05) is 41.5 Å². The molecule has 0 unspecified atom stereocenters. The van der Waals surface area contributed by atoms with Gasteiger partial charge in [-0.2, -0.15) is 3.89 Å². The number of rotatable bonds is 6. The van der Waals surface area contributed by atoms with E-state index in [4.69, 9.17) is 4.99 Å². The van der Waals surface area contributed by atoms with Crippen molar-refractivity contribution in [2.45, 2.75) is 37.1 Å². The molecule has 1 aliphatic heterocycles. The van der Waals surface area contributed by atoms with Crippen LogP contribution in [-0.4, -0.2) is 26.0 Å². The van der Waals surface area contributed by atoms with Gasteiger partial charge < -0.3 is 4.57 Å². The number of carbonyl (C=O) groups excluding carboxylic acids is 1. The van der Waals surface area contributed by atoms with Crippen molar-refractivity contribution >= 4 is 39.6 Å². The molecule has 3 aromatic rings. The average molecular weight is 473 g/mol. The van der Waals surface area contributed by atoms with Gasteiger partial charge in [0.05, 0.1) is 34.1 Å². The number of Topliss-reactive ketones (excluding diaryl/α,β-unsaturated/α-hetero) is 1. The van der Waals surface area contributed by atoms with Gasteiger partial charge in [0.15, 0.2) is 0 Å². The van der Waals surface area contributed by atoms with Gasteiger partial charge in [-0.3, -0.25) is 14.8 Å². The lowest BCUT2D eigenvalue weighted by atomic mass is 10.0. The monoisotopic (exact) mass is 472 g/mol. The number of ketones is 1. The Hall–Kier alpha value is -2.32. The van der Waals surface area contributed by atoms with E-state index in [9.17, 15) is 8.68 Å². The fourth-order valence-corrected chi connectivity index (χ4v) is 4.23. The minimum Gasteiger partial charge on any atom is -0.301 e. The Bertz CT molecular complexity index is 1080. The van der Waals surface area contributed by atoms with Crippen LogP contribution in [0.5, 0.6) is 0 Å². The first-order chi connectivity index (χ1) is 14.1. The summed E-state index contributed by atoms with van der Waals surface area (Å²) in [6, 6.07) is 9.01. The van der Waals surface area contributed by atoms with Gasteiger partial charge >= 0.3 is 0 Å². The normalized spacial score (nSPS) is 15.3. The molecule has 0 saturated heterocycles. The van der Waals surface area contributed by atoms with E-state index in [0.717, 1.165) is 22.8 Å². The summed E-state index contributed by atoms with van der Waals surface area (Å²) in [7, 11) is 0. The summed E-state index contributed by atoms with van der Waals surface area (Å²) >= 11 is 3.65. The first-order valence-electron chi connectivity index (χ1n) is 9.29. The molecule has 4 rings (SSSR count). The summed E-state index contributed by atoms with van der Waals surface area (Å²) in [5, 5.41) is 0. The number of halogens is 2. The smallest absolute Gasteiger partial charge is 0.138 e. The van der Waals surface area contributed by atoms with Crippen LogP contribution in [0.2, 0.25) is 0 Å². The number of hydrogen-bond donors (Lipinski definition) is 0. The summed E-state index contributed by atoms with van der Waals surface area (Å²) in [6.45, 7) is 1.86. The molecule has 148 valence electrons. The van der Waals surface area contributed by atoms with E-state index in [1.54, 1.807) is 18.5 Å². The molecule has 0 N–H and O–H groups in total. The fraction of sp³-hybridized carbons (Fsp3) is 0.238. The highest BCUT2D eigenvalue weighted by Gasteiger charge is 2.27. The molecule has 8 heteroatoms. The van der Waals surface area contributed by atoms with Gasteiger partial charge in [-0.25, -0.2) is 4.98 Å². The van der Waals surface area contributed by atoms with E-state index >= 15 is 0 Å². The molecule has 1 aromatic carbocycles. The number of pyridine rings is 1. The largest absolute Gasteiger partial charge is 0.301 e. The summed E-state index contributed by atoms with van der Waals surface area (Å²) in [4.78, 5) is 26.4. The lowest BCUT2D eigenvalue weighted by Gasteiger charge is -2.13. The molecule has 0 amide bonds. The van der Waals surface area contributed by atoms with Crippen LogP contribution in [0.3, 0.4) is 0 Å². The molecular weight excluding hydrogens is 455 g/mol. The van der Waals surface area contributed by atoms with Crippen LogP contribution in [0.4, 0.5) is 3.89 Å². The second-order valence-electron chi connectivity index (χ2n) is 6.67. The zero-order chi connectivity index (χ0) is 20.4. The Labute approximate surface area is 180 Å². The zero-order valence-corrected chi connectivity index (χ0v) is 18.1. The van der Waals surface area contributed by atoms with Crippen LogP contribution in [-0.2, 0) is 4.79 Å². The van der Waals surface area contributed by atoms with E-state index in [-0.39, 0.29) is 24.0 Å². The minimum atomic E-state index is -0.301. The number of benzene rings is 1. The number of aromatic nitrogens is 3. The summed E-state index contributed by atoms with van der Waals surface area (Å²) in [5.74, 6) is 0.927. The average Bonchev–Trinajstić information content (AvgIpc) is 3.19. The Kier molecular flexibility index (Phi) is 5.91. The van der Waals surface area contributed by atoms with Crippen molar-refractivity contribution in [3.8, 4) is 5.69 Å². The van der Waals surface area contributed by atoms with Gasteiger partial charge in [0.2, 0.25) is 0 Å². The maximum absolute atomic E-state index is 13.5. The quantitative estimate of drug-likeness (QED) is 0.464. The Balaban J connectivity index is 1.92. The van der Waals surface area contributed by atoms with Crippen LogP contribution in [0, 0.1) is 0 Å². The van der Waals surface area contributed by atoms with E-state index in [0.29, 0.717) is 34.3 Å². The van der Waals surface area contributed by atoms with Gasteiger partial charge in [0.25, 0.3) is 0 Å². The first-order valence-corrected chi connectivity index (χ1v) is 10.8. The topological polar surface area (TPSA) is 60.1 Å². The molecular formula is C21H18BrFN4OS. The van der Waals surface area contributed by atoms with Gasteiger partial charge in [-0.1, -0.05) is 13.0 Å². The summed E-state index contributed by atoms with van der Waals surface area (Å²) in [5.41, 5.74) is 3.04. The second kappa shape index (κ2) is 8.59. The molecule has 3 heterocycles. The molecule has 1 aliphatic rings. The van der Waals surface area contributed by atoms with Gasteiger partial charge in [-0.05, 0) is 46.6 Å². The van der Waals surface area contributed by atoms with Gasteiger partial charge in [0.1, 0.15) is 17.6 Å².